The van der Waals surface area contributed by atoms with Gasteiger partial charge in [0.25, 0.3) is 0 Å². The highest BCUT2D eigenvalue weighted by molar-refractivity contribution is 5.77. The van der Waals surface area contributed by atoms with Gasteiger partial charge in [0.2, 0.25) is 5.91 Å². The van der Waals surface area contributed by atoms with Gasteiger partial charge in [-0.25, -0.2) is 0 Å². The van der Waals surface area contributed by atoms with E-state index < -0.39 is 6.10 Å². The van der Waals surface area contributed by atoms with E-state index in [1.165, 1.54) is 0 Å². The zero-order valence-electron chi connectivity index (χ0n) is 11.3. The molecular formula is C15H18N2O3. The number of hydrogen-bond donors (Lipinski definition) is 1. The molecule has 2 rings (SSSR count). The van der Waals surface area contributed by atoms with Crippen LogP contribution in [0.5, 0.6) is 5.75 Å². The molecule has 1 atom stereocenters. The lowest BCUT2D eigenvalue weighted by Gasteiger charge is -2.29. The summed E-state index contributed by atoms with van der Waals surface area (Å²) in [5.41, 5.74) is 0.606. The van der Waals surface area contributed by atoms with E-state index >= 15 is 0 Å². The van der Waals surface area contributed by atoms with Crippen molar-refractivity contribution >= 4 is 5.91 Å². The molecule has 0 bridgehead atoms. The molecule has 1 aromatic carbocycles. The maximum absolute atomic E-state index is 11.6. The third-order valence-corrected chi connectivity index (χ3v) is 3.32. The van der Waals surface area contributed by atoms with E-state index in [4.69, 9.17) is 10.00 Å². The lowest BCUT2D eigenvalue weighted by molar-refractivity contribution is -0.137. The van der Waals surface area contributed by atoms with Crippen LogP contribution in [0.2, 0.25) is 0 Å². The first kappa shape index (κ1) is 14.4. The van der Waals surface area contributed by atoms with Gasteiger partial charge >= 0.3 is 0 Å². The second kappa shape index (κ2) is 6.92. The molecule has 1 fully saturated rings. The SMILES string of the molecule is N#Cc1ccc(OCCCN2CCC(O)CC2=O)cc1. The first-order chi connectivity index (χ1) is 9.69. The fraction of sp³-hybridized carbons (Fsp3) is 0.467. The highest BCUT2D eigenvalue weighted by Gasteiger charge is 2.23. The van der Waals surface area contributed by atoms with Crippen molar-refractivity contribution in [1.29, 1.82) is 5.26 Å². The van der Waals surface area contributed by atoms with Crippen LogP contribution in [0.25, 0.3) is 0 Å². The molecule has 0 spiro atoms. The van der Waals surface area contributed by atoms with Gasteiger partial charge in [0, 0.05) is 13.1 Å². The van der Waals surface area contributed by atoms with Crippen LogP contribution in [0.3, 0.4) is 0 Å². The molecule has 1 N–H and O–H groups in total. The van der Waals surface area contributed by atoms with Crippen molar-refractivity contribution in [2.24, 2.45) is 0 Å². The van der Waals surface area contributed by atoms with Crippen LogP contribution in [0.15, 0.2) is 24.3 Å². The quantitative estimate of drug-likeness (QED) is 0.822. The fourth-order valence-electron chi connectivity index (χ4n) is 2.17. The molecule has 106 valence electrons. The molecule has 5 nitrogen and oxygen atoms in total. The average molecular weight is 274 g/mol. The number of carbonyl (C=O) groups is 1. The normalized spacial score (nSPS) is 18.7. The maximum Gasteiger partial charge on any atom is 0.225 e. The zero-order chi connectivity index (χ0) is 14.4. The van der Waals surface area contributed by atoms with Gasteiger partial charge in [0.15, 0.2) is 0 Å². The van der Waals surface area contributed by atoms with Gasteiger partial charge in [-0.15, -0.1) is 0 Å². The number of aliphatic hydroxyl groups excluding tert-OH is 1. The summed E-state index contributed by atoms with van der Waals surface area (Å²) in [6, 6.07) is 9.01. The number of carbonyl (C=O) groups excluding carboxylic acids is 1. The molecule has 1 unspecified atom stereocenters. The fourth-order valence-corrected chi connectivity index (χ4v) is 2.17. The van der Waals surface area contributed by atoms with E-state index in [0.29, 0.717) is 31.7 Å². The number of nitriles is 1. The Morgan fingerprint density at radius 3 is 2.80 bits per heavy atom. The third-order valence-electron chi connectivity index (χ3n) is 3.32. The standard InChI is InChI=1S/C15H18N2O3/c16-11-12-2-4-14(5-3-12)20-9-1-7-17-8-6-13(18)10-15(17)19/h2-5,13,18H,1,6-10H2. The molecule has 1 heterocycles. The first-order valence-corrected chi connectivity index (χ1v) is 6.78. The summed E-state index contributed by atoms with van der Waals surface area (Å²) in [7, 11) is 0. The van der Waals surface area contributed by atoms with E-state index in [2.05, 4.69) is 6.07 Å². The molecule has 1 amide bonds. The summed E-state index contributed by atoms with van der Waals surface area (Å²) < 4.78 is 5.56. The van der Waals surface area contributed by atoms with Crippen molar-refractivity contribution in [3.8, 4) is 11.8 Å². The number of amides is 1. The van der Waals surface area contributed by atoms with Gasteiger partial charge in [-0.2, -0.15) is 5.26 Å². The van der Waals surface area contributed by atoms with Crippen molar-refractivity contribution in [2.45, 2.75) is 25.4 Å². The third kappa shape index (κ3) is 3.97. The Labute approximate surface area is 118 Å². The average Bonchev–Trinajstić information content (AvgIpc) is 2.46. The Hall–Kier alpha value is -2.06. The molecule has 0 aromatic heterocycles. The summed E-state index contributed by atoms with van der Waals surface area (Å²) in [5.74, 6) is 0.742. The summed E-state index contributed by atoms with van der Waals surface area (Å²) in [6.07, 6.45) is 1.16. The van der Waals surface area contributed by atoms with Crippen molar-refractivity contribution in [2.75, 3.05) is 19.7 Å². The minimum atomic E-state index is -0.478. The van der Waals surface area contributed by atoms with Crippen LogP contribution < -0.4 is 4.74 Å². The molecule has 5 heteroatoms. The Bertz CT molecular complexity index is 493. The number of piperidine rings is 1. The van der Waals surface area contributed by atoms with E-state index in [9.17, 15) is 9.90 Å². The Kier molecular flexibility index (Phi) is 4.97. The monoisotopic (exact) mass is 274 g/mol. The van der Waals surface area contributed by atoms with E-state index in [1.807, 2.05) is 0 Å². The summed E-state index contributed by atoms with van der Waals surface area (Å²) >= 11 is 0. The van der Waals surface area contributed by atoms with E-state index in [1.54, 1.807) is 29.2 Å². The van der Waals surface area contributed by atoms with Crippen molar-refractivity contribution < 1.29 is 14.6 Å². The van der Waals surface area contributed by atoms with Gasteiger partial charge in [0.05, 0.1) is 30.8 Å². The highest BCUT2D eigenvalue weighted by atomic mass is 16.5. The lowest BCUT2D eigenvalue weighted by Crippen LogP contribution is -2.41. The van der Waals surface area contributed by atoms with Crippen molar-refractivity contribution in [3.05, 3.63) is 29.8 Å². The van der Waals surface area contributed by atoms with Gasteiger partial charge < -0.3 is 14.7 Å². The number of benzene rings is 1. The molecule has 1 aliphatic heterocycles. The largest absolute Gasteiger partial charge is 0.494 e. The summed E-state index contributed by atoms with van der Waals surface area (Å²) in [6.45, 7) is 1.80. The van der Waals surface area contributed by atoms with Crippen LogP contribution in [-0.4, -0.2) is 41.7 Å². The minimum Gasteiger partial charge on any atom is -0.494 e. The minimum absolute atomic E-state index is 0.0159. The molecular weight excluding hydrogens is 256 g/mol. The van der Waals surface area contributed by atoms with Crippen LogP contribution in [0.4, 0.5) is 0 Å². The number of hydrogen-bond acceptors (Lipinski definition) is 4. The second-order valence-electron chi connectivity index (χ2n) is 4.87. The lowest BCUT2D eigenvalue weighted by atomic mass is 10.1. The zero-order valence-corrected chi connectivity index (χ0v) is 11.3. The molecule has 1 aromatic rings. The summed E-state index contributed by atoms with van der Waals surface area (Å²) in [4.78, 5) is 13.4. The van der Waals surface area contributed by atoms with Crippen LogP contribution in [0, 0.1) is 11.3 Å². The van der Waals surface area contributed by atoms with Crippen LogP contribution in [0.1, 0.15) is 24.8 Å². The second-order valence-corrected chi connectivity index (χ2v) is 4.87. The summed E-state index contributed by atoms with van der Waals surface area (Å²) in [5, 5.41) is 18.0. The highest BCUT2D eigenvalue weighted by Crippen LogP contribution is 2.13. The predicted octanol–water partition coefficient (Wildman–Crippen LogP) is 1.31. The molecule has 20 heavy (non-hydrogen) atoms. The van der Waals surface area contributed by atoms with Gasteiger partial charge in [-0.05, 0) is 37.1 Å². The number of ether oxygens (including phenoxy) is 1. The van der Waals surface area contributed by atoms with Crippen molar-refractivity contribution in [3.63, 3.8) is 0 Å². The van der Waals surface area contributed by atoms with E-state index in [-0.39, 0.29) is 12.3 Å². The molecule has 0 aliphatic carbocycles. The van der Waals surface area contributed by atoms with Crippen molar-refractivity contribution in [1.82, 2.24) is 4.90 Å². The Morgan fingerprint density at radius 2 is 2.15 bits per heavy atom. The molecule has 1 aliphatic rings. The smallest absolute Gasteiger partial charge is 0.225 e. The van der Waals surface area contributed by atoms with E-state index in [0.717, 1.165) is 12.2 Å². The molecule has 0 saturated carbocycles. The Balaban J connectivity index is 1.68. The number of aliphatic hydroxyl groups is 1. The number of rotatable bonds is 5. The van der Waals surface area contributed by atoms with Crippen LogP contribution >= 0.6 is 0 Å². The molecule has 1 saturated heterocycles. The number of nitrogens with zero attached hydrogens (tertiary/aromatic N) is 2. The first-order valence-electron chi connectivity index (χ1n) is 6.78. The van der Waals surface area contributed by atoms with Gasteiger partial charge in [0.1, 0.15) is 5.75 Å². The van der Waals surface area contributed by atoms with Gasteiger partial charge in [-0.3, -0.25) is 4.79 Å². The number of likely N-dealkylation sites (tertiary alicyclic amines) is 1. The Morgan fingerprint density at radius 1 is 1.40 bits per heavy atom. The van der Waals surface area contributed by atoms with Gasteiger partial charge in [-0.1, -0.05) is 0 Å². The molecule has 0 radical (unpaired) electrons. The topological polar surface area (TPSA) is 73.6 Å². The van der Waals surface area contributed by atoms with Crippen LogP contribution in [-0.2, 0) is 4.79 Å². The predicted molar refractivity (Wildman–Crippen MR) is 73.1 cm³/mol. The maximum atomic E-state index is 11.6.